The Labute approximate surface area is 221 Å². The number of anilines is 2. The largest absolute Gasteiger partial charge is 0.461 e. The van der Waals surface area contributed by atoms with Crippen LogP contribution in [0.15, 0.2) is 53.6 Å². The monoisotopic (exact) mass is 570 g/mol. The van der Waals surface area contributed by atoms with Crippen LogP contribution in [0.2, 0.25) is 0 Å². The normalized spacial score (nSPS) is 11.6. The van der Waals surface area contributed by atoms with Gasteiger partial charge in [0.15, 0.2) is 9.84 Å². The second-order valence-corrected chi connectivity index (χ2v) is 10.3. The van der Waals surface area contributed by atoms with E-state index in [2.05, 4.69) is 10.6 Å². The average Bonchev–Trinajstić information content (AvgIpc) is 3.40. The van der Waals surface area contributed by atoms with Crippen molar-refractivity contribution < 1.29 is 45.4 Å². The standard InChI is InChI=1S/C24H25F3N4O7S/c1-4-37-22(33)18-9-10-20(31(18)3)29-21(32)19-13-16(14-30(19)2)28-23(34)38-11-12-39(35,36)17-7-5-15(6-8-17)24(25,26)27/h5-10,13-14H,4,11-12H2,1-3H3,(H,28,34)(H,29,32). The van der Waals surface area contributed by atoms with E-state index in [4.69, 9.17) is 9.47 Å². The van der Waals surface area contributed by atoms with Crippen LogP contribution in [0.1, 0.15) is 33.5 Å². The average molecular weight is 571 g/mol. The summed E-state index contributed by atoms with van der Waals surface area (Å²) in [6.45, 7) is 1.31. The van der Waals surface area contributed by atoms with Crippen molar-refractivity contribution in [2.45, 2.75) is 18.0 Å². The van der Waals surface area contributed by atoms with Crippen LogP contribution in [0.4, 0.5) is 29.5 Å². The molecule has 0 bridgehead atoms. The zero-order valence-corrected chi connectivity index (χ0v) is 21.9. The second kappa shape index (κ2) is 11.6. The number of hydrogen-bond acceptors (Lipinski definition) is 7. The lowest BCUT2D eigenvalue weighted by molar-refractivity contribution is -0.137. The highest BCUT2D eigenvalue weighted by molar-refractivity contribution is 7.91. The van der Waals surface area contributed by atoms with Gasteiger partial charge in [0.1, 0.15) is 23.8 Å². The van der Waals surface area contributed by atoms with Crippen molar-refractivity contribution in [1.29, 1.82) is 0 Å². The first kappa shape index (κ1) is 29.3. The van der Waals surface area contributed by atoms with Crippen molar-refractivity contribution in [2.75, 3.05) is 29.6 Å². The minimum absolute atomic E-state index is 0.147. The number of aryl methyl sites for hydroxylation is 1. The topological polar surface area (TPSA) is 138 Å². The quantitative estimate of drug-likeness (QED) is 0.373. The lowest BCUT2D eigenvalue weighted by Gasteiger charge is -2.09. The number of rotatable bonds is 9. The molecule has 2 amide bonds. The van der Waals surface area contributed by atoms with E-state index in [0.29, 0.717) is 18.0 Å². The molecule has 2 aromatic heterocycles. The van der Waals surface area contributed by atoms with Crippen LogP contribution >= 0.6 is 0 Å². The summed E-state index contributed by atoms with van der Waals surface area (Å²) in [4.78, 5) is 36.5. The molecule has 3 rings (SSSR count). The third kappa shape index (κ3) is 7.19. The van der Waals surface area contributed by atoms with Gasteiger partial charge in [-0.25, -0.2) is 18.0 Å². The molecule has 0 saturated carbocycles. The second-order valence-electron chi connectivity index (χ2n) is 8.16. The predicted molar refractivity (Wildman–Crippen MR) is 133 cm³/mol. The van der Waals surface area contributed by atoms with Crippen molar-refractivity contribution >= 4 is 39.3 Å². The van der Waals surface area contributed by atoms with Crippen LogP contribution in [0, 0.1) is 0 Å². The Bertz CT molecular complexity index is 1480. The summed E-state index contributed by atoms with van der Waals surface area (Å²) in [6.07, 6.45) is -4.18. The number of nitrogens with one attached hydrogen (secondary N) is 2. The van der Waals surface area contributed by atoms with Gasteiger partial charge in [0, 0.05) is 20.3 Å². The molecule has 39 heavy (non-hydrogen) atoms. The first-order chi connectivity index (χ1) is 18.2. The van der Waals surface area contributed by atoms with E-state index >= 15 is 0 Å². The molecule has 0 fully saturated rings. The number of carbonyl (C=O) groups is 3. The van der Waals surface area contributed by atoms with Crippen molar-refractivity contribution in [1.82, 2.24) is 9.13 Å². The first-order valence-electron chi connectivity index (χ1n) is 11.4. The molecule has 0 spiro atoms. The van der Waals surface area contributed by atoms with Gasteiger partial charge in [-0.15, -0.1) is 0 Å². The molecule has 15 heteroatoms. The van der Waals surface area contributed by atoms with Crippen LogP contribution < -0.4 is 10.6 Å². The van der Waals surface area contributed by atoms with E-state index in [1.54, 1.807) is 21.0 Å². The van der Waals surface area contributed by atoms with E-state index in [1.165, 1.54) is 33.5 Å². The summed E-state index contributed by atoms with van der Waals surface area (Å²) in [5, 5.41) is 5.02. The number of sulfone groups is 1. The van der Waals surface area contributed by atoms with Gasteiger partial charge in [-0.2, -0.15) is 13.2 Å². The number of esters is 1. The molecule has 0 atom stereocenters. The fourth-order valence-electron chi connectivity index (χ4n) is 3.45. The summed E-state index contributed by atoms with van der Waals surface area (Å²) in [7, 11) is -0.876. The number of nitrogens with zero attached hydrogens (tertiary/aromatic N) is 2. The van der Waals surface area contributed by atoms with Crippen molar-refractivity contribution in [2.24, 2.45) is 14.1 Å². The van der Waals surface area contributed by atoms with Gasteiger partial charge >= 0.3 is 18.2 Å². The van der Waals surface area contributed by atoms with Crippen molar-refractivity contribution in [3.63, 3.8) is 0 Å². The summed E-state index contributed by atoms with van der Waals surface area (Å²) < 4.78 is 75.4. The zero-order chi connectivity index (χ0) is 29.0. The molecule has 1 aromatic carbocycles. The predicted octanol–water partition coefficient (Wildman–Crippen LogP) is 3.83. The summed E-state index contributed by atoms with van der Waals surface area (Å²) in [6, 6.07) is 7.36. The molecular formula is C24H25F3N4O7S. The molecule has 0 aliphatic heterocycles. The number of alkyl halides is 3. The molecule has 0 aliphatic carbocycles. The Morgan fingerprint density at radius 2 is 1.62 bits per heavy atom. The van der Waals surface area contributed by atoms with Gasteiger partial charge in [0.05, 0.1) is 28.5 Å². The van der Waals surface area contributed by atoms with E-state index in [9.17, 15) is 36.0 Å². The molecule has 2 heterocycles. The van der Waals surface area contributed by atoms with E-state index in [1.807, 2.05) is 0 Å². The van der Waals surface area contributed by atoms with Crippen LogP contribution in [-0.4, -0.2) is 54.5 Å². The SMILES string of the molecule is CCOC(=O)c1ccc(NC(=O)c2cc(NC(=O)OCCS(=O)(=O)c3ccc(C(F)(F)F)cc3)cn2C)n1C. The highest BCUT2D eigenvalue weighted by Gasteiger charge is 2.30. The minimum atomic E-state index is -4.60. The number of benzene rings is 1. The number of hydrogen-bond donors (Lipinski definition) is 2. The molecule has 0 radical (unpaired) electrons. The van der Waals surface area contributed by atoms with Gasteiger partial charge in [0.2, 0.25) is 0 Å². The first-order valence-corrected chi connectivity index (χ1v) is 13.0. The van der Waals surface area contributed by atoms with E-state index in [-0.39, 0.29) is 28.6 Å². The lowest BCUT2D eigenvalue weighted by atomic mass is 10.2. The minimum Gasteiger partial charge on any atom is -0.461 e. The Morgan fingerprint density at radius 1 is 0.949 bits per heavy atom. The summed E-state index contributed by atoms with van der Waals surface area (Å²) >= 11 is 0. The highest BCUT2D eigenvalue weighted by Crippen LogP contribution is 2.29. The van der Waals surface area contributed by atoms with E-state index < -0.39 is 51.9 Å². The number of ether oxygens (including phenoxy) is 2. The molecule has 11 nitrogen and oxygen atoms in total. The number of amides is 2. The third-order valence-corrected chi connectivity index (χ3v) is 7.15. The molecule has 0 saturated heterocycles. The number of carbonyl (C=O) groups excluding carboxylic acids is 3. The summed E-state index contributed by atoms with van der Waals surface area (Å²) in [5.41, 5.74) is -0.422. The van der Waals surface area contributed by atoms with Crippen LogP contribution in [0.5, 0.6) is 0 Å². The molecular weight excluding hydrogens is 545 g/mol. The lowest BCUT2D eigenvalue weighted by Crippen LogP contribution is -2.19. The van der Waals surface area contributed by atoms with Crippen LogP contribution in [0.3, 0.4) is 0 Å². The number of aromatic nitrogens is 2. The Balaban J connectivity index is 1.55. The fourth-order valence-corrected chi connectivity index (χ4v) is 4.54. The van der Waals surface area contributed by atoms with Gasteiger partial charge < -0.3 is 23.9 Å². The van der Waals surface area contributed by atoms with Gasteiger partial charge in [-0.1, -0.05) is 0 Å². The molecule has 0 aliphatic rings. The Kier molecular flexibility index (Phi) is 8.74. The maximum atomic E-state index is 12.7. The highest BCUT2D eigenvalue weighted by atomic mass is 32.2. The maximum absolute atomic E-state index is 12.7. The maximum Gasteiger partial charge on any atom is 0.416 e. The van der Waals surface area contributed by atoms with Gasteiger partial charge in [-0.05, 0) is 49.4 Å². The molecule has 3 aromatic rings. The smallest absolute Gasteiger partial charge is 0.416 e. The molecule has 210 valence electrons. The van der Waals surface area contributed by atoms with Crippen molar-refractivity contribution in [3.8, 4) is 0 Å². The van der Waals surface area contributed by atoms with Crippen LogP contribution in [0.25, 0.3) is 0 Å². The number of halogens is 3. The van der Waals surface area contributed by atoms with Gasteiger partial charge in [0.25, 0.3) is 5.91 Å². The zero-order valence-electron chi connectivity index (χ0n) is 21.0. The molecule has 2 N–H and O–H groups in total. The molecule has 0 unspecified atom stereocenters. The van der Waals surface area contributed by atoms with Crippen molar-refractivity contribution in [3.05, 3.63) is 65.6 Å². The van der Waals surface area contributed by atoms with E-state index in [0.717, 1.165) is 12.1 Å². The van der Waals surface area contributed by atoms with Crippen LogP contribution in [-0.2, 0) is 39.6 Å². The fraction of sp³-hybridized carbons (Fsp3) is 0.292. The summed E-state index contributed by atoms with van der Waals surface area (Å²) in [5.74, 6) is -1.42. The van der Waals surface area contributed by atoms with Gasteiger partial charge in [-0.3, -0.25) is 10.1 Å². The Morgan fingerprint density at radius 3 is 2.23 bits per heavy atom. The third-order valence-electron chi connectivity index (χ3n) is 5.46. The Hall–Kier alpha value is -4.27.